The number of halogens is 1. The van der Waals surface area contributed by atoms with E-state index in [-0.39, 0.29) is 13.0 Å². The van der Waals surface area contributed by atoms with E-state index in [0.29, 0.717) is 22.6 Å². The fourth-order valence-corrected chi connectivity index (χ4v) is 4.36. The third kappa shape index (κ3) is 5.03. The fraction of sp³-hybridized carbons (Fsp3) is 0.333. The molecular formula is C18H19ClO6S2. The van der Waals surface area contributed by atoms with Gasteiger partial charge in [0.2, 0.25) is 0 Å². The Balaban J connectivity index is 1.85. The van der Waals surface area contributed by atoms with Gasteiger partial charge in [-0.2, -0.15) is 8.42 Å². The lowest BCUT2D eigenvalue weighted by atomic mass is 9.84. The highest BCUT2D eigenvalue weighted by atomic mass is 35.5. The van der Waals surface area contributed by atoms with Crippen molar-refractivity contribution in [2.45, 2.75) is 24.7 Å². The van der Waals surface area contributed by atoms with Gasteiger partial charge in [-0.1, -0.05) is 23.7 Å². The zero-order chi connectivity index (χ0) is 19.5. The van der Waals surface area contributed by atoms with Gasteiger partial charge in [-0.25, -0.2) is 0 Å². The molecule has 0 unspecified atom stereocenters. The van der Waals surface area contributed by atoms with Crippen molar-refractivity contribution >= 4 is 33.1 Å². The van der Waals surface area contributed by atoms with Gasteiger partial charge in [-0.05, 0) is 47.5 Å². The minimum absolute atomic E-state index is 0.0164. The Morgan fingerprint density at radius 3 is 2.67 bits per heavy atom. The predicted octanol–water partition coefficient (Wildman–Crippen LogP) is 3.91. The van der Waals surface area contributed by atoms with E-state index in [0.717, 1.165) is 11.1 Å². The van der Waals surface area contributed by atoms with Crippen LogP contribution in [0.2, 0.25) is 5.02 Å². The molecule has 9 heteroatoms. The SMILES string of the molecule is CS(=O)(=O)OCCC[C@](O)(c1cccc(Cl)c1)c1csc(C2OC=CO2)c1. The van der Waals surface area contributed by atoms with Gasteiger partial charge in [0.1, 0.15) is 18.1 Å². The number of ether oxygens (including phenoxy) is 2. The van der Waals surface area contributed by atoms with Crippen LogP contribution in [0, 0.1) is 0 Å². The largest absolute Gasteiger partial charge is 0.454 e. The number of rotatable bonds is 8. The third-order valence-corrected chi connectivity index (χ3v) is 5.86. The number of hydrogen-bond acceptors (Lipinski definition) is 7. The average Bonchev–Trinajstić information content (AvgIpc) is 3.28. The molecule has 1 aromatic carbocycles. The molecule has 0 radical (unpaired) electrons. The molecular weight excluding hydrogens is 412 g/mol. The summed E-state index contributed by atoms with van der Waals surface area (Å²) in [6, 6.07) is 8.78. The van der Waals surface area contributed by atoms with Gasteiger partial charge in [0.15, 0.2) is 0 Å². The lowest BCUT2D eigenvalue weighted by Gasteiger charge is -2.28. The molecule has 1 aromatic heterocycles. The molecule has 2 heterocycles. The minimum atomic E-state index is -3.53. The van der Waals surface area contributed by atoms with Crippen molar-refractivity contribution in [2.75, 3.05) is 12.9 Å². The van der Waals surface area contributed by atoms with Crippen LogP contribution in [0.4, 0.5) is 0 Å². The van der Waals surface area contributed by atoms with Crippen molar-refractivity contribution < 1.29 is 27.2 Å². The zero-order valence-corrected chi connectivity index (χ0v) is 16.9. The normalized spacial score (nSPS) is 16.7. The van der Waals surface area contributed by atoms with Crippen LogP contribution >= 0.6 is 22.9 Å². The van der Waals surface area contributed by atoms with E-state index >= 15 is 0 Å². The van der Waals surface area contributed by atoms with Crippen molar-refractivity contribution in [3.63, 3.8) is 0 Å². The average molecular weight is 431 g/mol. The Bertz CT molecular complexity index is 915. The molecule has 0 saturated heterocycles. The summed E-state index contributed by atoms with van der Waals surface area (Å²) in [5.41, 5.74) is -0.0830. The molecule has 2 aromatic rings. The van der Waals surface area contributed by atoms with E-state index in [1.165, 1.54) is 23.9 Å². The highest BCUT2D eigenvalue weighted by Crippen LogP contribution is 2.40. The standard InChI is InChI=1S/C18H19ClO6S2/c1-27(21,22)25-7-3-6-18(20,13-4-2-5-15(19)10-13)14-11-16(26-12-14)17-23-8-9-24-17/h2,4-5,8-12,17,20H,3,6-7H2,1H3/t18-/m0/s1. The van der Waals surface area contributed by atoms with Gasteiger partial charge in [0, 0.05) is 5.02 Å². The van der Waals surface area contributed by atoms with Gasteiger partial charge < -0.3 is 14.6 Å². The first kappa shape index (κ1) is 20.2. The summed E-state index contributed by atoms with van der Waals surface area (Å²) in [6.45, 7) is -0.0164. The Morgan fingerprint density at radius 1 is 1.26 bits per heavy atom. The van der Waals surface area contributed by atoms with Gasteiger partial charge in [-0.3, -0.25) is 4.18 Å². The molecule has 0 aliphatic carbocycles. The molecule has 0 amide bonds. The maximum Gasteiger partial charge on any atom is 0.275 e. The van der Waals surface area contributed by atoms with Crippen LogP contribution in [0.3, 0.4) is 0 Å². The molecule has 3 rings (SSSR count). The summed E-state index contributed by atoms with van der Waals surface area (Å²) < 4.78 is 37.8. The second-order valence-corrected chi connectivity index (χ2v) is 9.14. The highest BCUT2D eigenvalue weighted by Gasteiger charge is 2.34. The zero-order valence-electron chi connectivity index (χ0n) is 14.5. The maximum atomic E-state index is 11.5. The molecule has 0 saturated carbocycles. The van der Waals surface area contributed by atoms with Crippen LogP contribution in [0.25, 0.3) is 0 Å². The smallest absolute Gasteiger partial charge is 0.275 e. The molecule has 0 fully saturated rings. The third-order valence-electron chi connectivity index (χ3n) is 4.07. The number of hydrogen-bond donors (Lipinski definition) is 1. The summed E-state index contributed by atoms with van der Waals surface area (Å²) in [5, 5.41) is 13.8. The summed E-state index contributed by atoms with van der Waals surface area (Å²) in [6.07, 6.45) is 3.99. The monoisotopic (exact) mass is 430 g/mol. The van der Waals surface area contributed by atoms with Crippen LogP contribution in [0.1, 0.15) is 35.1 Å². The topological polar surface area (TPSA) is 82.1 Å². The molecule has 1 atom stereocenters. The van der Waals surface area contributed by atoms with E-state index in [9.17, 15) is 13.5 Å². The Morgan fingerprint density at radius 2 is 2.00 bits per heavy atom. The quantitative estimate of drug-likeness (QED) is 0.505. The molecule has 6 nitrogen and oxygen atoms in total. The van der Waals surface area contributed by atoms with E-state index in [2.05, 4.69) is 0 Å². The lowest BCUT2D eigenvalue weighted by molar-refractivity contribution is -0.0219. The van der Waals surface area contributed by atoms with Gasteiger partial charge in [-0.15, -0.1) is 11.3 Å². The van der Waals surface area contributed by atoms with Crippen LogP contribution < -0.4 is 0 Å². The Hall–Kier alpha value is -1.58. The Labute approximate surface area is 167 Å². The second-order valence-electron chi connectivity index (χ2n) is 6.11. The molecule has 1 aliphatic heterocycles. The molecule has 1 aliphatic rings. The number of benzene rings is 1. The second kappa shape index (κ2) is 8.20. The van der Waals surface area contributed by atoms with E-state index in [1.54, 1.807) is 24.3 Å². The predicted molar refractivity (Wildman–Crippen MR) is 103 cm³/mol. The van der Waals surface area contributed by atoms with E-state index in [4.69, 9.17) is 25.3 Å². The van der Waals surface area contributed by atoms with Gasteiger partial charge in [0.05, 0.1) is 17.7 Å². The van der Waals surface area contributed by atoms with Crippen molar-refractivity contribution in [3.05, 3.63) is 69.3 Å². The number of aliphatic hydroxyl groups is 1. The van der Waals surface area contributed by atoms with Crippen molar-refractivity contribution in [1.82, 2.24) is 0 Å². The summed E-state index contributed by atoms with van der Waals surface area (Å²) in [7, 11) is -3.53. The lowest BCUT2D eigenvalue weighted by Crippen LogP contribution is -2.27. The summed E-state index contributed by atoms with van der Waals surface area (Å²) >= 11 is 7.51. The van der Waals surface area contributed by atoms with Crippen molar-refractivity contribution in [3.8, 4) is 0 Å². The summed E-state index contributed by atoms with van der Waals surface area (Å²) in [5.74, 6) is 0. The highest BCUT2D eigenvalue weighted by molar-refractivity contribution is 7.85. The van der Waals surface area contributed by atoms with Crippen molar-refractivity contribution in [1.29, 1.82) is 0 Å². The molecule has 146 valence electrons. The number of thiophene rings is 1. The van der Waals surface area contributed by atoms with Crippen molar-refractivity contribution in [2.24, 2.45) is 0 Å². The van der Waals surface area contributed by atoms with Crippen LogP contribution in [0.15, 0.2) is 48.2 Å². The molecule has 0 spiro atoms. The first-order valence-corrected chi connectivity index (χ1v) is 11.2. The fourth-order valence-electron chi connectivity index (χ4n) is 2.81. The van der Waals surface area contributed by atoms with Crippen LogP contribution in [-0.4, -0.2) is 26.4 Å². The van der Waals surface area contributed by atoms with E-state index < -0.39 is 22.0 Å². The molecule has 0 bridgehead atoms. The van der Waals surface area contributed by atoms with E-state index in [1.807, 2.05) is 11.4 Å². The first-order valence-electron chi connectivity index (χ1n) is 8.16. The Kier molecular flexibility index (Phi) is 6.12. The van der Waals surface area contributed by atoms with Gasteiger partial charge >= 0.3 is 0 Å². The molecule has 27 heavy (non-hydrogen) atoms. The molecule has 1 N–H and O–H groups in total. The van der Waals surface area contributed by atoms with Crippen LogP contribution in [0.5, 0.6) is 0 Å². The first-order chi connectivity index (χ1) is 12.8. The van der Waals surface area contributed by atoms with Crippen LogP contribution in [-0.2, 0) is 29.4 Å². The minimum Gasteiger partial charge on any atom is -0.454 e. The summed E-state index contributed by atoms with van der Waals surface area (Å²) in [4.78, 5) is 0.808. The van der Waals surface area contributed by atoms with Gasteiger partial charge in [0.25, 0.3) is 16.4 Å². The maximum absolute atomic E-state index is 11.5.